The molecule has 8 nitrogen and oxygen atoms in total. The van der Waals surface area contributed by atoms with Crippen molar-refractivity contribution in [3.63, 3.8) is 0 Å². The van der Waals surface area contributed by atoms with Crippen molar-refractivity contribution in [2.75, 3.05) is 0 Å². The highest BCUT2D eigenvalue weighted by Gasteiger charge is 2.40. The van der Waals surface area contributed by atoms with Gasteiger partial charge in [0.15, 0.2) is 5.65 Å². The lowest BCUT2D eigenvalue weighted by Gasteiger charge is -2.37. The molecule has 1 atom stereocenters. The van der Waals surface area contributed by atoms with Gasteiger partial charge < -0.3 is 9.88 Å². The number of nitrogens with zero attached hydrogens (tertiary/aromatic N) is 6. The molecule has 0 fully saturated rings. The van der Waals surface area contributed by atoms with Crippen molar-refractivity contribution in [2.24, 2.45) is 0 Å². The van der Waals surface area contributed by atoms with Crippen LogP contribution in [0.15, 0.2) is 85.3 Å². The minimum atomic E-state index is -1.07. The van der Waals surface area contributed by atoms with E-state index in [9.17, 15) is 4.79 Å². The largest absolute Gasteiger partial charge is 0.337 e. The van der Waals surface area contributed by atoms with Gasteiger partial charge in [-0.2, -0.15) is 4.52 Å². The van der Waals surface area contributed by atoms with Crippen LogP contribution in [0.25, 0.3) is 27.7 Å². The van der Waals surface area contributed by atoms with Crippen molar-refractivity contribution in [1.29, 1.82) is 0 Å². The smallest absolute Gasteiger partial charge is 0.218 e. The summed E-state index contributed by atoms with van der Waals surface area (Å²) in [6, 6.07) is 23.3. The fraction of sp³-hybridized carbons (Fsp3) is 0.194. The zero-order valence-corrected chi connectivity index (χ0v) is 24.1. The molecule has 6 aromatic rings. The van der Waals surface area contributed by atoms with Crippen LogP contribution < -0.4 is 5.32 Å². The number of hydrogen-bond donors (Lipinski definition) is 1. The second-order valence-electron chi connectivity index (χ2n) is 10.0. The Morgan fingerprint density at radius 2 is 1.78 bits per heavy atom. The van der Waals surface area contributed by atoms with E-state index in [0.29, 0.717) is 15.7 Å². The number of imidazole rings is 1. The summed E-state index contributed by atoms with van der Waals surface area (Å²) in [4.78, 5) is 17.5. The van der Waals surface area contributed by atoms with Gasteiger partial charge in [-0.3, -0.25) is 4.79 Å². The van der Waals surface area contributed by atoms with Crippen molar-refractivity contribution in [3.05, 3.63) is 112 Å². The number of aromatic nitrogens is 6. The van der Waals surface area contributed by atoms with Gasteiger partial charge in [-0.25, -0.2) is 4.98 Å². The molecular formula is C31H27Cl2N7O. The van der Waals surface area contributed by atoms with Crippen LogP contribution in [0, 0.1) is 0 Å². The zero-order valence-electron chi connectivity index (χ0n) is 22.6. The van der Waals surface area contributed by atoms with Crippen LogP contribution in [0.1, 0.15) is 43.5 Å². The lowest BCUT2D eigenvalue weighted by molar-refractivity contribution is -0.120. The molecule has 0 spiro atoms. The number of amides is 1. The molecule has 1 N–H and O–H groups in total. The average molecular weight is 585 g/mol. The number of pyridine rings is 1. The number of rotatable bonds is 8. The Labute approximate surface area is 246 Å². The van der Waals surface area contributed by atoms with Crippen LogP contribution >= 0.6 is 23.2 Å². The molecular weight excluding hydrogens is 557 g/mol. The van der Waals surface area contributed by atoms with Crippen molar-refractivity contribution in [2.45, 2.75) is 38.8 Å². The van der Waals surface area contributed by atoms with Crippen LogP contribution in [0.2, 0.25) is 10.0 Å². The van der Waals surface area contributed by atoms with Gasteiger partial charge in [0.05, 0.1) is 23.7 Å². The third kappa shape index (κ3) is 4.83. The number of benzene rings is 3. The van der Waals surface area contributed by atoms with E-state index in [4.69, 9.17) is 23.2 Å². The first-order chi connectivity index (χ1) is 19.9. The summed E-state index contributed by atoms with van der Waals surface area (Å²) >= 11 is 12.7. The van der Waals surface area contributed by atoms with E-state index in [-0.39, 0.29) is 5.91 Å². The number of unbranched alkanes of at least 4 members (excludes halogenated alkanes) is 1. The molecule has 1 unspecified atom stereocenters. The number of aryl methyl sites for hydroxylation is 1. The maximum absolute atomic E-state index is 13.0. The minimum absolute atomic E-state index is 0.186. The molecule has 3 aromatic heterocycles. The fourth-order valence-electron chi connectivity index (χ4n) is 5.50. The molecule has 41 heavy (non-hydrogen) atoms. The molecule has 1 amide bonds. The third-order valence-corrected chi connectivity index (χ3v) is 7.83. The van der Waals surface area contributed by atoms with Gasteiger partial charge in [0, 0.05) is 28.9 Å². The highest BCUT2D eigenvalue weighted by molar-refractivity contribution is 6.31. The molecule has 6 rings (SSSR count). The summed E-state index contributed by atoms with van der Waals surface area (Å²) in [6.45, 7) is 4.44. The number of carbonyl (C=O) groups excluding carboxylic acids is 1. The fourth-order valence-corrected chi connectivity index (χ4v) is 5.82. The Bertz CT molecular complexity index is 1880. The Morgan fingerprint density at radius 3 is 2.54 bits per heavy atom. The summed E-state index contributed by atoms with van der Waals surface area (Å²) in [6.07, 6.45) is 5.63. The number of carbonyl (C=O) groups is 1. The van der Waals surface area contributed by atoms with Gasteiger partial charge in [0.1, 0.15) is 5.54 Å². The van der Waals surface area contributed by atoms with E-state index in [2.05, 4.69) is 43.4 Å². The molecule has 0 bridgehead atoms. The van der Waals surface area contributed by atoms with Crippen LogP contribution in [-0.2, 0) is 16.9 Å². The SMILES string of the molecule is CCCCn1cncc1C(NC(C)=O)(c1ccc(Cl)cc1)c1ccc2c(c1)c(-c1cccc(Cl)c1)cc1nnnn12. The van der Waals surface area contributed by atoms with Gasteiger partial charge in [0.25, 0.3) is 0 Å². The first-order valence-corrected chi connectivity index (χ1v) is 14.1. The standard InChI is InChI=1S/C31H27Cl2N7O/c1-3-4-14-39-19-34-18-29(39)31(35-20(2)41,22-8-11-24(32)12-9-22)23-10-13-28-27(16-23)26(17-30-36-37-38-40(28)30)21-6-5-7-25(33)15-21/h5-13,15-19H,3-4,14H2,1-2H3,(H,35,41). The Kier molecular flexibility index (Phi) is 7.19. The zero-order chi connectivity index (χ0) is 28.6. The van der Waals surface area contributed by atoms with Crippen LogP contribution in [0.5, 0.6) is 0 Å². The molecule has 0 aliphatic rings. The van der Waals surface area contributed by atoms with Crippen LogP contribution in [-0.4, -0.2) is 35.5 Å². The van der Waals surface area contributed by atoms with Crippen molar-refractivity contribution in [1.82, 2.24) is 34.9 Å². The van der Waals surface area contributed by atoms with E-state index >= 15 is 0 Å². The molecule has 0 saturated carbocycles. The number of nitrogens with one attached hydrogen (secondary N) is 1. The van der Waals surface area contributed by atoms with Gasteiger partial charge in [-0.1, -0.05) is 66.9 Å². The number of fused-ring (bicyclic) bond motifs is 3. The van der Waals surface area contributed by atoms with Crippen molar-refractivity contribution in [3.8, 4) is 11.1 Å². The normalized spacial score (nSPS) is 13.0. The summed E-state index contributed by atoms with van der Waals surface area (Å²) < 4.78 is 3.82. The predicted molar refractivity (Wildman–Crippen MR) is 161 cm³/mol. The molecule has 0 aliphatic heterocycles. The molecule has 3 heterocycles. The highest BCUT2D eigenvalue weighted by Crippen LogP contribution is 2.40. The van der Waals surface area contributed by atoms with E-state index in [0.717, 1.165) is 58.2 Å². The summed E-state index contributed by atoms with van der Waals surface area (Å²) in [5.41, 5.74) is 4.74. The molecule has 0 saturated heterocycles. The highest BCUT2D eigenvalue weighted by atomic mass is 35.5. The van der Waals surface area contributed by atoms with E-state index < -0.39 is 5.54 Å². The molecule has 10 heteroatoms. The lowest BCUT2D eigenvalue weighted by atomic mass is 9.79. The maximum Gasteiger partial charge on any atom is 0.218 e. The molecule has 0 radical (unpaired) electrons. The number of halogens is 2. The topological polar surface area (TPSA) is 90.0 Å². The summed E-state index contributed by atoms with van der Waals surface area (Å²) in [5, 5.41) is 17.8. The van der Waals surface area contributed by atoms with Gasteiger partial charge in [-0.05, 0) is 81.6 Å². The number of hydrogen-bond acceptors (Lipinski definition) is 5. The van der Waals surface area contributed by atoms with Crippen molar-refractivity contribution < 1.29 is 4.79 Å². The lowest BCUT2D eigenvalue weighted by Crippen LogP contribution is -2.48. The van der Waals surface area contributed by atoms with Gasteiger partial charge in [0.2, 0.25) is 5.91 Å². The van der Waals surface area contributed by atoms with E-state index in [1.807, 2.05) is 79.3 Å². The summed E-state index contributed by atoms with van der Waals surface area (Å²) in [5.74, 6) is -0.186. The Hall–Kier alpha value is -4.27. The van der Waals surface area contributed by atoms with Gasteiger partial charge >= 0.3 is 0 Å². The molecule has 0 aliphatic carbocycles. The van der Waals surface area contributed by atoms with E-state index in [1.165, 1.54) is 6.92 Å². The third-order valence-electron chi connectivity index (χ3n) is 7.34. The maximum atomic E-state index is 13.0. The van der Waals surface area contributed by atoms with Gasteiger partial charge in [-0.15, -0.1) is 5.10 Å². The predicted octanol–water partition coefficient (Wildman–Crippen LogP) is 6.68. The Balaban J connectivity index is 1.70. The number of tetrazole rings is 1. The Morgan fingerprint density at radius 1 is 0.976 bits per heavy atom. The second-order valence-corrected chi connectivity index (χ2v) is 10.9. The second kappa shape index (κ2) is 11.0. The van der Waals surface area contributed by atoms with E-state index in [1.54, 1.807) is 4.52 Å². The quantitative estimate of drug-likeness (QED) is 0.216. The average Bonchev–Trinajstić information content (AvgIpc) is 3.64. The molecule has 206 valence electrons. The monoisotopic (exact) mass is 583 g/mol. The summed E-state index contributed by atoms with van der Waals surface area (Å²) in [7, 11) is 0. The van der Waals surface area contributed by atoms with Crippen molar-refractivity contribution >= 4 is 45.7 Å². The first kappa shape index (κ1) is 26.9. The van der Waals surface area contributed by atoms with Crippen LogP contribution in [0.3, 0.4) is 0 Å². The van der Waals surface area contributed by atoms with Crippen LogP contribution in [0.4, 0.5) is 0 Å². The minimum Gasteiger partial charge on any atom is -0.337 e. The molecule has 3 aromatic carbocycles. The first-order valence-electron chi connectivity index (χ1n) is 13.4.